The molecule has 0 amide bonds. The highest BCUT2D eigenvalue weighted by atomic mass is 14.2. The average molecular weight is 258 g/mol. The lowest BCUT2D eigenvalue weighted by Gasteiger charge is -2.15. The Morgan fingerprint density at radius 1 is 0.600 bits per heavy atom. The minimum atomic E-state index is 0.604. The summed E-state index contributed by atoms with van der Waals surface area (Å²) in [6.45, 7) is 0. The van der Waals surface area contributed by atoms with Gasteiger partial charge in [-0.3, -0.25) is 0 Å². The van der Waals surface area contributed by atoms with Crippen LogP contribution in [-0.2, 0) is 0 Å². The van der Waals surface area contributed by atoms with Gasteiger partial charge in [0.05, 0.1) is 0 Å². The fraction of sp³-hybridized carbons (Fsp3) is 0.200. The highest BCUT2D eigenvalue weighted by Crippen LogP contribution is 2.38. The van der Waals surface area contributed by atoms with E-state index in [2.05, 4.69) is 72.8 Å². The third-order valence-electron chi connectivity index (χ3n) is 4.60. The molecule has 0 aliphatic heterocycles. The SMILES string of the molecule is C1=C[C@H](CC[C@@H]2C=Cc3ccccc32)c2ccccc21. The van der Waals surface area contributed by atoms with Crippen LogP contribution < -0.4 is 0 Å². The molecule has 4 rings (SSSR count). The summed E-state index contributed by atoms with van der Waals surface area (Å²) in [6.07, 6.45) is 11.8. The molecule has 20 heavy (non-hydrogen) atoms. The Kier molecular flexibility index (Phi) is 2.81. The third kappa shape index (κ3) is 1.92. The van der Waals surface area contributed by atoms with E-state index in [1.54, 1.807) is 0 Å². The van der Waals surface area contributed by atoms with Crippen molar-refractivity contribution in [2.45, 2.75) is 24.7 Å². The van der Waals surface area contributed by atoms with E-state index in [9.17, 15) is 0 Å². The van der Waals surface area contributed by atoms with Crippen LogP contribution in [-0.4, -0.2) is 0 Å². The van der Waals surface area contributed by atoms with Crippen LogP contribution in [0.15, 0.2) is 60.7 Å². The van der Waals surface area contributed by atoms with Crippen molar-refractivity contribution in [1.29, 1.82) is 0 Å². The second-order valence-electron chi connectivity index (χ2n) is 5.77. The average Bonchev–Trinajstić information content (AvgIpc) is 3.09. The summed E-state index contributed by atoms with van der Waals surface area (Å²) in [5.74, 6) is 1.21. The molecule has 0 heteroatoms. The van der Waals surface area contributed by atoms with Crippen LogP contribution in [0.3, 0.4) is 0 Å². The molecule has 2 aliphatic rings. The van der Waals surface area contributed by atoms with E-state index in [4.69, 9.17) is 0 Å². The predicted octanol–water partition coefficient (Wildman–Crippen LogP) is 5.39. The van der Waals surface area contributed by atoms with Crippen molar-refractivity contribution >= 4 is 12.2 Å². The van der Waals surface area contributed by atoms with E-state index in [0.717, 1.165) is 0 Å². The van der Waals surface area contributed by atoms with Crippen LogP contribution in [0.1, 0.15) is 46.9 Å². The first-order valence-corrected chi connectivity index (χ1v) is 7.46. The minimum absolute atomic E-state index is 0.604. The molecule has 0 bridgehead atoms. The van der Waals surface area contributed by atoms with Crippen molar-refractivity contribution in [3.63, 3.8) is 0 Å². The molecule has 0 aromatic heterocycles. The summed E-state index contributed by atoms with van der Waals surface area (Å²) < 4.78 is 0. The van der Waals surface area contributed by atoms with Gasteiger partial charge in [0.25, 0.3) is 0 Å². The summed E-state index contributed by atoms with van der Waals surface area (Å²) >= 11 is 0. The summed E-state index contributed by atoms with van der Waals surface area (Å²) in [6, 6.07) is 17.6. The van der Waals surface area contributed by atoms with Crippen LogP contribution in [0.5, 0.6) is 0 Å². The third-order valence-corrected chi connectivity index (χ3v) is 4.60. The molecule has 0 N–H and O–H groups in total. The minimum Gasteiger partial charge on any atom is -0.0764 e. The maximum absolute atomic E-state index is 2.37. The predicted molar refractivity (Wildman–Crippen MR) is 85.7 cm³/mol. The smallest absolute Gasteiger partial charge is 0.00275 e. The van der Waals surface area contributed by atoms with Gasteiger partial charge in [0.1, 0.15) is 0 Å². The van der Waals surface area contributed by atoms with E-state index in [1.807, 2.05) is 0 Å². The molecule has 0 unspecified atom stereocenters. The van der Waals surface area contributed by atoms with Crippen molar-refractivity contribution < 1.29 is 0 Å². The summed E-state index contributed by atoms with van der Waals surface area (Å²) in [7, 11) is 0. The van der Waals surface area contributed by atoms with Crippen LogP contribution in [0.4, 0.5) is 0 Å². The van der Waals surface area contributed by atoms with Gasteiger partial charge in [-0.05, 0) is 35.1 Å². The van der Waals surface area contributed by atoms with Crippen molar-refractivity contribution in [1.82, 2.24) is 0 Å². The molecule has 2 aromatic rings. The molecule has 0 fully saturated rings. The maximum Gasteiger partial charge on any atom is 0.00275 e. The molecule has 0 saturated carbocycles. The van der Waals surface area contributed by atoms with Crippen molar-refractivity contribution in [2.24, 2.45) is 0 Å². The molecule has 0 heterocycles. The summed E-state index contributed by atoms with van der Waals surface area (Å²) in [4.78, 5) is 0. The van der Waals surface area contributed by atoms with E-state index in [-0.39, 0.29) is 0 Å². The molecule has 2 atom stereocenters. The van der Waals surface area contributed by atoms with Gasteiger partial charge in [-0.2, -0.15) is 0 Å². The van der Waals surface area contributed by atoms with Gasteiger partial charge in [0.15, 0.2) is 0 Å². The zero-order chi connectivity index (χ0) is 13.4. The summed E-state index contributed by atoms with van der Waals surface area (Å²) in [5, 5.41) is 0. The maximum atomic E-state index is 2.37. The normalized spacial score (nSPS) is 22.0. The molecule has 2 aliphatic carbocycles. The molecule has 0 radical (unpaired) electrons. The number of rotatable bonds is 3. The monoisotopic (exact) mass is 258 g/mol. The Bertz CT molecular complexity index is 629. The van der Waals surface area contributed by atoms with Gasteiger partial charge in [-0.25, -0.2) is 0 Å². The first-order valence-electron chi connectivity index (χ1n) is 7.46. The molecular formula is C20H18. The lowest BCUT2D eigenvalue weighted by atomic mass is 9.89. The Hall–Kier alpha value is -2.08. The zero-order valence-corrected chi connectivity index (χ0v) is 11.5. The van der Waals surface area contributed by atoms with E-state index in [1.165, 1.54) is 35.1 Å². The molecule has 0 spiro atoms. The Labute approximate surface area is 120 Å². The number of allylic oxidation sites excluding steroid dienone is 2. The molecule has 98 valence electrons. The highest BCUT2D eigenvalue weighted by molar-refractivity contribution is 5.63. The van der Waals surface area contributed by atoms with Crippen LogP contribution in [0.25, 0.3) is 12.2 Å². The molecule has 0 saturated heterocycles. The van der Waals surface area contributed by atoms with Crippen LogP contribution in [0.2, 0.25) is 0 Å². The van der Waals surface area contributed by atoms with Gasteiger partial charge >= 0.3 is 0 Å². The number of fused-ring (bicyclic) bond motifs is 2. The van der Waals surface area contributed by atoms with Crippen molar-refractivity contribution in [3.8, 4) is 0 Å². The zero-order valence-electron chi connectivity index (χ0n) is 11.5. The lowest BCUT2D eigenvalue weighted by molar-refractivity contribution is 0.642. The first kappa shape index (κ1) is 11.7. The van der Waals surface area contributed by atoms with Crippen molar-refractivity contribution in [3.05, 3.63) is 82.9 Å². The molecular weight excluding hydrogens is 240 g/mol. The van der Waals surface area contributed by atoms with E-state index >= 15 is 0 Å². The second-order valence-corrected chi connectivity index (χ2v) is 5.77. The van der Waals surface area contributed by atoms with E-state index < -0.39 is 0 Å². The lowest BCUT2D eigenvalue weighted by Crippen LogP contribution is -1.98. The largest absolute Gasteiger partial charge is 0.0764 e. The topological polar surface area (TPSA) is 0 Å². The fourth-order valence-corrected chi connectivity index (χ4v) is 3.51. The first-order chi connectivity index (χ1) is 9.92. The number of hydrogen-bond donors (Lipinski definition) is 0. The molecule has 0 nitrogen and oxygen atoms in total. The van der Waals surface area contributed by atoms with Gasteiger partial charge in [-0.15, -0.1) is 0 Å². The van der Waals surface area contributed by atoms with Crippen LogP contribution >= 0.6 is 0 Å². The highest BCUT2D eigenvalue weighted by Gasteiger charge is 2.21. The Balaban J connectivity index is 1.48. The quantitative estimate of drug-likeness (QED) is 0.692. The van der Waals surface area contributed by atoms with Crippen LogP contribution in [0, 0.1) is 0 Å². The second kappa shape index (κ2) is 4.79. The van der Waals surface area contributed by atoms with Gasteiger partial charge < -0.3 is 0 Å². The number of benzene rings is 2. The summed E-state index contributed by atoms with van der Waals surface area (Å²) in [5.41, 5.74) is 5.81. The fourth-order valence-electron chi connectivity index (χ4n) is 3.51. The van der Waals surface area contributed by atoms with Gasteiger partial charge in [0, 0.05) is 11.8 Å². The molecule has 2 aromatic carbocycles. The number of hydrogen-bond acceptors (Lipinski definition) is 0. The Morgan fingerprint density at radius 3 is 1.55 bits per heavy atom. The van der Waals surface area contributed by atoms with Gasteiger partial charge in [0.2, 0.25) is 0 Å². The van der Waals surface area contributed by atoms with Gasteiger partial charge in [-0.1, -0.05) is 72.8 Å². The van der Waals surface area contributed by atoms with Crippen molar-refractivity contribution in [2.75, 3.05) is 0 Å². The Morgan fingerprint density at radius 2 is 1.05 bits per heavy atom. The van der Waals surface area contributed by atoms with E-state index in [0.29, 0.717) is 11.8 Å². The standard InChI is InChI=1S/C20H18/c1-3-7-19-15(5-1)9-11-17(19)13-14-18-12-10-16-6-2-4-8-20(16)18/h1-12,17-18H,13-14H2/t17-,18+.